The van der Waals surface area contributed by atoms with Gasteiger partial charge in [-0.3, -0.25) is 9.59 Å². The number of amides is 2. The largest absolute Gasteiger partial charge is 0.368 e. The molecule has 8 heteroatoms. The van der Waals surface area contributed by atoms with Crippen LogP contribution in [0.25, 0.3) is 10.1 Å². The molecule has 1 unspecified atom stereocenters. The van der Waals surface area contributed by atoms with Gasteiger partial charge in [-0.1, -0.05) is 11.6 Å². The number of thiophene rings is 1. The van der Waals surface area contributed by atoms with Crippen LogP contribution in [0.5, 0.6) is 0 Å². The fourth-order valence-electron chi connectivity index (χ4n) is 3.43. The van der Waals surface area contributed by atoms with Crippen molar-refractivity contribution >= 4 is 44.8 Å². The van der Waals surface area contributed by atoms with Crippen LogP contribution in [-0.4, -0.2) is 60.5 Å². The third-order valence-corrected chi connectivity index (χ3v) is 6.51. The van der Waals surface area contributed by atoms with E-state index in [2.05, 4.69) is 0 Å². The molecule has 1 aromatic heterocycles. The highest BCUT2D eigenvalue weighted by Gasteiger charge is 2.32. The molecular formula is C18H18ClFN2O3S. The van der Waals surface area contributed by atoms with Gasteiger partial charge in [-0.2, -0.15) is 0 Å². The van der Waals surface area contributed by atoms with E-state index >= 15 is 0 Å². The van der Waals surface area contributed by atoms with Crippen molar-refractivity contribution in [3.8, 4) is 0 Å². The predicted molar refractivity (Wildman–Crippen MR) is 98.3 cm³/mol. The second-order valence-electron chi connectivity index (χ2n) is 6.50. The van der Waals surface area contributed by atoms with E-state index < -0.39 is 0 Å². The van der Waals surface area contributed by atoms with Gasteiger partial charge in [0.1, 0.15) is 16.8 Å². The molecule has 4 rings (SSSR count). The zero-order chi connectivity index (χ0) is 18.3. The highest BCUT2D eigenvalue weighted by molar-refractivity contribution is 7.21. The molecule has 0 spiro atoms. The molecule has 3 heterocycles. The van der Waals surface area contributed by atoms with Gasteiger partial charge < -0.3 is 14.5 Å². The lowest BCUT2D eigenvalue weighted by Crippen LogP contribution is -2.52. The molecule has 2 aliphatic heterocycles. The maximum Gasteiger partial charge on any atom is 0.265 e. The Hall–Kier alpha value is -1.70. The van der Waals surface area contributed by atoms with Crippen LogP contribution in [0, 0.1) is 5.82 Å². The number of carbonyl (C=O) groups is 2. The molecule has 2 fully saturated rings. The first kappa shape index (κ1) is 17.7. The number of benzene rings is 1. The lowest BCUT2D eigenvalue weighted by molar-refractivity contribution is -0.142. The quantitative estimate of drug-likeness (QED) is 0.783. The molecule has 2 aromatic rings. The molecule has 0 radical (unpaired) electrons. The summed E-state index contributed by atoms with van der Waals surface area (Å²) >= 11 is 7.55. The Balaban J connectivity index is 1.45. The standard InChI is InChI=1S/C18H18ClFN2O3S/c19-15-12-4-3-11(20)10-14(12)26-16(15)18(24)22-7-5-21(6-8-22)17(23)13-2-1-9-25-13/h3-4,10,13H,1-2,5-9H2. The van der Waals surface area contributed by atoms with Gasteiger partial charge in [-0.25, -0.2) is 4.39 Å². The summed E-state index contributed by atoms with van der Waals surface area (Å²) < 4.78 is 19.5. The molecule has 0 N–H and O–H groups in total. The lowest BCUT2D eigenvalue weighted by atomic mass is 10.2. The first-order chi connectivity index (χ1) is 12.5. The first-order valence-corrected chi connectivity index (χ1v) is 9.81. The highest BCUT2D eigenvalue weighted by atomic mass is 35.5. The summed E-state index contributed by atoms with van der Waals surface area (Å²) in [4.78, 5) is 29.1. The summed E-state index contributed by atoms with van der Waals surface area (Å²) in [5.74, 6) is -0.499. The number of piperazine rings is 1. The Morgan fingerprint density at radius 3 is 2.62 bits per heavy atom. The predicted octanol–water partition coefficient (Wildman–Crippen LogP) is 3.16. The number of hydrogen-bond donors (Lipinski definition) is 0. The van der Waals surface area contributed by atoms with Crippen molar-refractivity contribution < 1.29 is 18.7 Å². The maximum atomic E-state index is 13.4. The molecule has 26 heavy (non-hydrogen) atoms. The van der Waals surface area contributed by atoms with Crippen LogP contribution in [0.15, 0.2) is 18.2 Å². The normalized spacial score (nSPS) is 20.8. The Labute approximate surface area is 159 Å². The van der Waals surface area contributed by atoms with E-state index in [1.165, 1.54) is 23.5 Å². The van der Waals surface area contributed by atoms with Crippen LogP contribution >= 0.6 is 22.9 Å². The SMILES string of the molecule is O=C(c1sc2cc(F)ccc2c1Cl)N1CCN(C(=O)C2CCCO2)CC1. The summed E-state index contributed by atoms with van der Waals surface area (Å²) in [5, 5.41) is 1.06. The van der Waals surface area contributed by atoms with E-state index in [1.54, 1.807) is 15.9 Å². The second-order valence-corrected chi connectivity index (χ2v) is 7.93. The number of hydrogen-bond acceptors (Lipinski definition) is 4. The van der Waals surface area contributed by atoms with Gasteiger partial charge in [-0.15, -0.1) is 11.3 Å². The number of carbonyl (C=O) groups excluding carboxylic acids is 2. The van der Waals surface area contributed by atoms with E-state index in [9.17, 15) is 14.0 Å². The lowest BCUT2D eigenvalue weighted by Gasteiger charge is -2.35. The Bertz CT molecular complexity index is 857. The van der Waals surface area contributed by atoms with Crippen LogP contribution < -0.4 is 0 Å². The zero-order valence-corrected chi connectivity index (χ0v) is 15.6. The molecule has 2 amide bonds. The minimum absolute atomic E-state index is 0.0185. The number of rotatable bonds is 2. The van der Waals surface area contributed by atoms with E-state index in [1.807, 2.05) is 0 Å². The van der Waals surface area contributed by atoms with E-state index in [-0.39, 0.29) is 23.7 Å². The highest BCUT2D eigenvalue weighted by Crippen LogP contribution is 2.36. The van der Waals surface area contributed by atoms with Crippen molar-refractivity contribution in [1.82, 2.24) is 9.80 Å². The van der Waals surface area contributed by atoms with Gasteiger partial charge in [0.2, 0.25) is 0 Å². The minimum Gasteiger partial charge on any atom is -0.368 e. The Morgan fingerprint density at radius 2 is 1.92 bits per heavy atom. The maximum absolute atomic E-state index is 13.4. The van der Waals surface area contributed by atoms with Crippen molar-refractivity contribution in [3.05, 3.63) is 33.9 Å². The molecule has 2 saturated heterocycles. The number of halogens is 2. The fraction of sp³-hybridized carbons (Fsp3) is 0.444. The molecule has 1 aromatic carbocycles. The molecule has 0 saturated carbocycles. The summed E-state index contributed by atoms with van der Waals surface area (Å²) in [6.07, 6.45) is 1.36. The van der Waals surface area contributed by atoms with Crippen LogP contribution in [0.3, 0.4) is 0 Å². The van der Waals surface area contributed by atoms with Crippen molar-refractivity contribution in [2.75, 3.05) is 32.8 Å². The third-order valence-electron chi connectivity index (χ3n) is 4.87. The topological polar surface area (TPSA) is 49.9 Å². The number of ether oxygens (including phenoxy) is 1. The minimum atomic E-state index is -0.351. The van der Waals surface area contributed by atoms with Crippen molar-refractivity contribution in [2.24, 2.45) is 0 Å². The number of fused-ring (bicyclic) bond motifs is 1. The zero-order valence-electron chi connectivity index (χ0n) is 14.0. The fourth-order valence-corrected chi connectivity index (χ4v) is 4.93. The molecule has 5 nitrogen and oxygen atoms in total. The third kappa shape index (κ3) is 3.19. The second kappa shape index (κ2) is 7.13. The van der Waals surface area contributed by atoms with Crippen molar-refractivity contribution in [3.63, 3.8) is 0 Å². The van der Waals surface area contributed by atoms with Crippen LogP contribution in [0.2, 0.25) is 5.02 Å². The van der Waals surface area contributed by atoms with Gasteiger partial charge in [-0.05, 0) is 31.0 Å². The summed E-state index contributed by atoms with van der Waals surface area (Å²) in [7, 11) is 0. The van der Waals surface area contributed by atoms with E-state index in [0.717, 1.165) is 12.8 Å². The van der Waals surface area contributed by atoms with Gasteiger partial charge in [0.25, 0.3) is 11.8 Å². The molecule has 0 aliphatic carbocycles. The molecular weight excluding hydrogens is 379 g/mol. The van der Waals surface area contributed by atoms with Crippen molar-refractivity contribution in [1.29, 1.82) is 0 Å². The summed E-state index contributed by atoms with van der Waals surface area (Å²) in [6, 6.07) is 4.32. The van der Waals surface area contributed by atoms with Gasteiger partial charge in [0.05, 0.1) is 5.02 Å². The van der Waals surface area contributed by atoms with E-state index in [4.69, 9.17) is 16.3 Å². The molecule has 2 aliphatic rings. The Morgan fingerprint density at radius 1 is 1.19 bits per heavy atom. The average Bonchev–Trinajstić information content (AvgIpc) is 3.29. The molecule has 0 bridgehead atoms. The first-order valence-electron chi connectivity index (χ1n) is 8.62. The Kier molecular flexibility index (Phi) is 4.86. The van der Waals surface area contributed by atoms with Gasteiger partial charge >= 0.3 is 0 Å². The molecule has 138 valence electrons. The van der Waals surface area contributed by atoms with E-state index in [0.29, 0.717) is 52.8 Å². The van der Waals surface area contributed by atoms with Gasteiger partial charge in [0, 0.05) is 42.9 Å². The van der Waals surface area contributed by atoms with Crippen LogP contribution in [0.4, 0.5) is 4.39 Å². The summed E-state index contributed by atoms with van der Waals surface area (Å²) in [5.41, 5.74) is 0. The van der Waals surface area contributed by atoms with Crippen LogP contribution in [-0.2, 0) is 9.53 Å². The van der Waals surface area contributed by atoms with Crippen molar-refractivity contribution in [2.45, 2.75) is 18.9 Å². The van der Waals surface area contributed by atoms with Gasteiger partial charge in [0.15, 0.2) is 0 Å². The molecule has 1 atom stereocenters. The van der Waals surface area contributed by atoms with Crippen LogP contribution in [0.1, 0.15) is 22.5 Å². The smallest absolute Gasteiger partial charge is 0.265 e. The average molecular weight is 397 g/mol. The summed E-state index contributed by atoms with van der Waals surface area (Å²) in [6.45, 7) is 2.52. The number of nitrogens with zero attached hydrogens (tertiary/aromatic N) is 2. The monoisotopic (exact) mass is 396 g/mol.